The zero-order valence-corrected chi connectivity index (χ0v) is 13.3. The number of aromatic nitrogens is 2. The summed E-state index contributed by atoms with van der Waals surface area (Å²) < 4.78 is 2.29. The summed E-state index contributed by atoms with van der Waals surface area (Å²) in [7, 11) is 4.26. The molecule has 1 aromatic heterocycles. The van der Waals surface area contributed by atoms with Gasteiger partial charge in [0, 0.05) is 31.5 Å². The van der Waals surface area contributed by atoms with Crippen molar-refractivity contribution in [3.8, 4) is 0 Å². The lowest BCUT2D eigenvalue weighted by Crippen LogP contribution is -2.27. The molecule has 4 heteroatoms. The molecule has 0 aliphatic rings. The van der Waals surface area contributed by atoms with Gasteiger partial charge in [-0.3, -0.25) is 0 Å². The molecule has 0 fully saturated rings. The van der Waals surface area contributed by atoms with Crippen LogP contribution in [0.5, 0.6) is 0 Å². The van der Waals surface area contributed by atoms with Gasteiger partial charge in [-0.05, 0) is 32.4 Å². The Balaban J connectivity index is 2.79. The number of nitrogens with zero attached hydrogens (tertiary/aromatic N) is 3. The second-order valence-electron chi connectivity index (χ2n) is 6.48. The van der Waals surface area contributed by atoms with Crippen molar-refractivity contribution in [3.05, 3.63) is 12.4 Å². The van der Waals surface area contributed by atoms with Gasteiger partial charge in [0.05, 0.1) is 0 Å². The van der Waals surface area contributed by atoms with Crippen LogP contribution in [0.15, 0.2) is 12.4 Å². The van der Waals surface area contributed by atoms with Gasteiger partial charge in [-0.25, -0.2) is 4.98 Å². The molecule has 1 rings (SSSR count). The molecule has 0 amide bonds. The first-order valence-corrected chi connectivity index (χ1v) is 7.31. The summed E-state index contributed by atoms with van der Waals surface area (Å²) in [6.45, 7) is 11.0. The number of hydrogen-bond acceptors (Lipinski definition) is 3. The minimum absolute atomic E-state index is 0.479. The molecule has 0 saturated carbocycles. The number of hydrogen-bond donors (Lipinski definition) is 1. The first-order valence-electron chi connectivity index (χ1n) is 7.31. The Kier molecular flexibility index (Phi) is 6.35. The average molecular weight is 266 g/mol. The van der Waals surface area contributed by atoms with E-state index < -0.39 is 0 Å². The number of likely N-dealkylation sites (N-methyl/N-ethyl adjacent to an activating group) is 1. The lowest BCUT2D eigenvalue weighted by molar-refractivity contribution is 0.290. The Bertz CT molecular complexity index is 345. The van der Waals surface area contributed by atoms with Gasteiger partial charge in [0.25, 0.3) is 0 Å². The number of anilines is 1. The van der Waals surface area contributed by atoms with Crippen molar-refractivity contribution < 1.29 is 0 Å². The van der Waals surface area contributed by atoms with Gasteiger partial charge in [-0.1, -0.05) is 27.7 Å². The zero-order valence-electron chi connectivity index (χ0n) is 13.3. The molecule has 0 radical (unpaired) electrons. The first-order chi connectivity index (χ1) is 8.90. The molecular formula is C15H30N4. The van der Waals surface area contributed by atoms with Crippen molar-refractivity contribution in [1.29, 1.82) is 0 Å². The molecule has 1 unspecified atom stereocenters. The van der Waals surface area contributed by atoms with Crippen molar-refractivity contribution in [3.63, 3.8) is 0 Å². The van der Waals surface area contributed by atoms with Crippen molar-refractivity contribution >= 4 is 5.95 Å². The van der Waals surface area contributed by atoms with Gasteiger partial charge in [0.1, 0.15) is 0 Å². The van der Waals surface area contributed by atoms with Gasteiger partial charge >= 0.3 is 0 Å². The minimum atomic E-state index is 0.479. The fourth-order valence-corrected chi connectivity index (χ4v) is 2.28. The quantitative estimate of drug-likeness (QED) is 0.785. The lowest BCUT2D eigenvalue weighted by Gasteiger charge is -2.26. The predicted molar refractivity (Wildman–Crippen MR) is 82.6 cm³/mol. The van der Waals surface area contributed by atoms with Crippen molar-refractivity contribution in [2.45, 2.75) is 40.2 Å². The fourth-order valence-electron chi connectivity index (χ4n) is 2.28. The topological polar surface area (TPSA) is 33.1 Å². The van der Waals surface area contributed by atoms with E-state index in [4.69, 9.17) is 0 Å². The number of rotatable bonds is 8. The highest BCUT2D eigenvalue weighted by atomic mass is 15.2. The Hall–Kier alpha value is -1.03. The molecule has 0 bridgehead atoms. The van der Waals surface area contributed by atoms with Crippen LogP contribution in [-0.4, -0.2) is 41.6 Å². The maximum atomic E-state index is 4.46. The third kappa shape index (κ3) is 5.64. The van der Waals surface area contributed by atoms with E-state index in [2.05, 4.69) is 67.8 Å². The molecule has 0 aliphatic carbocycles. The average Bonchev–Trinajstić information content (AvgIpc) is 2.71. The van der Waals surface area contributed by atoms with Crippen LogP contribution in [0.4, 0.5) is 5.95 Å². The van der Waals surface area contributed by atoms with Gasteiger partial charge in [-0.15, -0.1) is 0 Å². The van der Waals surface area contributed by atoms with Gasteiger partial charge in [0.2, 0.25) is 5.95 Å². The molecule has 0 aliphatic heterocycles. The van der Waals surface area contributed by atoms with E-state index in [0.29, 0.717) is 17.9 Å². The SMILES string of the molecule is CC(C)CNc1nccn1C(CC(C)C)CN(C)C. The van der Waals surface area contributed by atoms with Crippen LogP contribution in [0.2, 0.25) is 0 Å². The number of imidazole rings is 1. The molecule has 4 nitrogen and oxygen atoms in total. The van der Waals surface area contributed by atoms with Crippen LogP contribution in [0.25, 0.3) is 0 Å². The van der Waals surface area contributed by atoms with E-state index in [1.807, 2.05) is 6.20 Å². The Morgan fingerprint density at radius 3 is 2.42 bits per heavy atom. The highest BCUT2D eigenvalue weighted by Gasteiger charge is 2.17. The van der Waals surface area contributed by atoms with Gasteiger partial charge in [-0.2, -0.15) is 0 Å². The Morgan fingerprint density at radius 2 is 1.89 bits per heavy atom. The molecule has 1 atom stereocenters. The summed E-state index contributed by atoms with van der Waals surface area (Å²) in [5.41, 5.74) is 0. The second-order valence-corrected chi connectivity index (χ2v) is 6.48. The van der Waals surface area contributed by atoms with Gasteiger partial charge in [0.15, 0.2) is 0 Å². The van der Waals surface area contributed by atoms with Crippen LogP contribution in [0.3, 0.4) is 0 Å². The second kappa shape index (κ2) is 7.53. The Labute approximate surface area is 118 Å². The fraction of sp³-hybridized carbons (Fsp3) is 0.800. The van der Waals surface area contributed by atoms with E-state index in [1.165, 1.54) is 6.42 Å². The molecule has 1 aromatic rings. The van der Waals surface area contributed by atoms with Gasteiger partial charge < -0.3 is 14.8 Å². The molecule has 0 saturated heterocycles. The molecule has 1 heterocycles. The third-order valence-corrected chi connectivity index (χ3v) is 3.05. The maximum Gasteiger partial charge on any atom is 0.203 e. The van der Waals surface area contributed by atoms with Crippen molar-refractivity contribution in [2.75, 3.05) is 32.5 Å². The predicted octanol–water partition coefficient (Wildman–Crippen LogP) is 3.10. The van der Waals surface area contributed by atoms with E-state index in [-0.39, 0.29) is 0 Å². The largest absolute Gasteiger partial charge is 0.355 e. The van der Waals surface area contributed by atoms with Crippen LogP contribution in [-0.2, 0) is 0 Å². The highest BCUT2D eigenvalue weighted by Crippen LogP contribution is 2.22. The molecular weight excluding hydrogens is 236 g/mol. The molecule has 0 spiro atoms. The first kappa shape index (κ1) is 16.0. The molecule has 110 valence electrons. The Morgan fingerprint density at radius 1 is 1.21 bits per heavy atom. The monoisotopic (exact) mass is 266 g/mol. The zero-order chi connectivity index (χ0) is 14.4. The molecule has 19 heavy (non-hydrogen) atoms. The van der Waals surface area contributed by atoms with E-state index in [9.17, 15) is 0 Å². The summed E-state index contributed by atoms with van der Waals surface area (Å²) in [5, 5.41) is 3.45. The van der Waals surface area contributed by atoms with E-state index in [0.717, 1.165) is 19.0 Å². The third-order valence-electron chi connectivity index (χ3n) is 3.05. The van der Waals surface area contributed by atoms with Crippen LogP contribution in [0.1, 0.15) is 40.2 Å². The normalized spacial score (nSPS) is 13.5. The van der Waals surface area contributed by atoms with E-state index in [1.54, 1.807) is 0 Å². The van der Waals surface area contributed by atoms with Crippen molar-refractivity contribution in [1.82, 2.24) is 14.5 Å². The lowest BCUT2D eigenvalue weighted by atomic mass is 10.0. The van der Waals surface area contributed by atoms with E-state index >= 15 is 0 Å². The summed E-state index contributed by atoms with van der Waals surface area (Å²) in [4.78, 5) is 6.71. The summed E-state index contributed by atoms with van der Waals surface area (Å²) >= 11 is 0. The smallest absolute Gasteiger partial charge is 0.203 e. The highest BCUT2D eigenvalue weighted by molar-refractivity contribution is 5.26. The summed E-state index contributed by atoms with van der Waals surface area (Å²) in [5.74, 6) is 2.31. The summed E-state index contributed by atoms with van der Waals surface area (Å²) in [6, 6.07) is 0.479. The van der Waals surface area contributed by atoms with Crippen LogP contribution >= 0.6 is 0 Å². The van der Waals surface area contributed by atoms with Crippen LogP contribution in [0, 0.1) is 11.8 Å². The number of nitrogens with one attached hydrogen (secondary N) is 1. The minimum Gasteiger partial charge on any atom is -0.355 e. The molecule has 1 N–H and O–H groups in total. The van der Waals surface area contributed by atoms with Crippen LogP contribution < -0.4 is 5.32 Å². The summed E-state index contributed by atoms with van der Waals surface area (Å²) in [6.07, 6.45) is 5.16. The molecule has 0 aromatic carbocycles. The standard InChI is InChI=1S/C15H30N4/c1-12(2)9-14(11-18(5)6)19-8-7-16-15(19)17-10-13(3)4/h7-8,12-14H,9-11H2,1-6H3,(H,16,17). The van der Waals surface area contributed by atoms with Crippen molar-refractivity contribution in [2.24, 2.45) is 11.8 Å². The maximum absolute atomic E-state index is 4.46.